The molecule has 0 saturated heterocycles. The fourth-order valence-corrected chi connectivity index (χ4v) is 3.39. The third-order valence-electron chi connectivity index (χ3n) is 4.10. The van der Waals surface area contributed by atoms with Crippen LogP contribution in [-0.2, 0) is 21.0 Å². The number of benzene rings is 2. The minimum absolute atomic E-state index is 0.0297. The van der Waals surface area contributed by atoms with Crippen molar-refractivity contribution in [2.45, 2.75) is 12.8 Å². The fourth-order valence-electron chi connectivity index (χ4n) is 2.75. The van der Waals surface area contributed by atoms with E-state index in [1.165, 1.54) is 19.4 Å². The van der Waals surface area contributed by atoms with E-state index < -0.39 is 15.8 Å². The fraction of sp³-hybridized carbons (Fsp3) is 0.350. The van der Waals surface area contributed by atoms with Crippen LogP contribution in [0.4, 0.5) is 0 Å². The van der Waals surface area contributed by atoms with Crippen LogP contribution in [-0.4, -0.2) is 56.9 Å². The Morgan fingerprint density at radius 3 is 2.46 bits per heavy atom. The van der Waals surface area contributed by atoms with E-state index in [2.05, 4.69) is 0 Å². The number of aliphatic hydroxyl groups excluding tert-OH is 1. The maximum absolute atomic E-state index is 11.8. The molecule has 0 aliphatic heterocycles. The van der Waals surface area contributed by atoms with Crippen molar-refractivity contribution >= 4 is 15.8 Å². The molecule has 0 amide bonds. The van der Waals surface area contributed by atoms with E-state index in [1.54, 1.807) is 30.3 Å². The van der Waals surface area contributed by atoms with Gasteiger partial charge < -0.3 is 19.7 Å². The molecule has 0 unspecified atom stereocenters. The summed E-state index contributed by atoms with van der Waals surface area (Å²) in [5.41, 5.74) is 2.20. The van der Waals surface area contributed by atoms with Gasteiger partial charge in [0.15, 0.2) is 0 Å². The van der Waals surface area contributed by atoms with Crippen LogP contribution in [0.5, 0.6) is 11.5 Å². The van der Waals surface area contributed by atoms with Crippen LogP contribution < -0.4 is 4.74 Å². The SMILES string of the molecule is COC(=O)c1ccc(CCO)c(-c2ccc(OCCCS(C)(=O)=O)cc2O)c1. The Balaban J connectivity index is 2.26. The molecular formula is C20H24O7S. The molecule has 0 radical (unpaired) electrons. The van der Waals surface area contributed by atoms with Crippen LogP contribution in [0.3, 0.4) is 0 Å². The average Bonchev–Trinajstić information content (AvgIpc) is 2.65. The highest BCUT2D eigenvalue weighted by Crippen LogP contribution is 2.35. The first-order chi connectivity index (χ1) is 13.2. The van der Waals surface area contributed by atoms with Crippen molar-refractivity contribution < 1.29 is 32.9 Å². The molecule has 0 bridgehead atoms. The summed E-state index contributed by atoms with van der Waals surface area (Å²) in [6.45, 7) is 0.131. The van der Waals surface area contributed by atoms with Gasteiger partial charge in [-0.3, -0.25) is 0 Å². The zero-order valence-corrected chi connectivity index (χ0v) is 16.7. The van der Waals surface area contributed by atoms with Gasteiger partial charge in [0.05, 0.1) is 25.0 Å². The Bertz CT molecular complexity index is 936. The lowest BCUT2D eigenvalue weighted by atomic mass is 9.95. The van der Waals surface area contributed by atoms with Crippen LogP contribution in [0.2, 0.25) is 0 Å². The first-order valence-electron chi connectivity index (χ1n) is 8.71. The van der Waals surface area contributed by atoms with Crippen LogP contribution >= 0.6 is 0 Å². The van der Waals surface area contributed by atoms with Gasteiger partial charge in [-0.1, -0.05) is 6.07 Å². The Kier molecular flexibility index (Phi) is 7.42. The van der Waals surface area contributed by atoms with E-state index in [-0.39, 0.29) is 24.7 Å². The number of hydrogen-bond acceptors (Lipinski definition) is 7. The Hall–Kier alpha value is -2.58. The lowest BCUT2D eigenvalue weighted by Crippen LogP contribution is -2.08. The summed E-state index contributed by atoms with van der Waals surface area (Å²) in [5.74, 6) is -0.117. The first-order valence-corrected chi connectivity index (χ1v) is 10.8. The molecule has 0 fully saturated rings. The summed E-state index contributed by atoms with van der Waals surface area (Å²) in [4.78, 5) is 11.8. The number of hydrogen-bond donors (Lipinski definition) is 2. The smallest absolute Gasteiger partial charge is 0.337 e. The highest BCUT2D eigenvalue weighted by molar-refractivity contribution is 7.90. The van der Waals surface area contributed by atoms with Crippen molar-refractivity contribution in [1.82, 2.24) is 0 Å². The quantitative estimate of drug-likeness (QED) is 0.483. The number of carbonyl (C=O) groups excluding carboxylic acids is 1. The number of phenolic OH excluding ortho intramolecular Hbond substituents is 1. The summed E-state index contributed by atoms with van der Waals surface area (Å²) in [6.07, 6.45) is 1.88. The Morgan fingerprint density at radius 2 is 1.86 bits per heavy atom. The second kappa shape index (κ2) is 9.57. The summed E-state index contributed by atoms with van der Waals surface area (Å²) in [5, 5.41) is 19.7. The summed E-state index contributed by atoms with van der Waals surface area (Å²) >= 11 is 0. The van der Waals surface area contributed by atoms with Gasteiger partial charge in [0.25, 0.3) is 0 Å². The Labute approximate surface area is 164 Å². The molecule has 0 aliphatic carbocycles. The van der Waals surface area contributed by atoms with Gasteiger partial charge in [-0.25, -0.2) is 13.2 Å². The van der Waals surface area contributed by atoms with E-state index in [9.17, 15) is 23.4 Å². The van der Waals surface area contributed by atoms with Gasteiger partial charge in [0, 0.05) is 24.5 Å². The molecule has 0 saturated carbocycles. The number of methoxy groups -OCH3 is 1. The second-order valence-corrected chi connectivity index (χ2v) is 8.61. The molecular weight excluding hydrogens is 384 g/mol. The normalized spacial score (nSPS) is 11.2. The van der Waals surface area contributed by atoms with E-state index in [4.69, 9.17) is 9.47 Å². The molecule has 28 heavy (non-hydrogen) atoms. The maximum atomic E-state index is 11.8. The van der Waals surface area contributed by atoms with Crippen LogP contribution in [0, 0.1) is 0 Å². The van der Waals surface area contributed by atoms with Crippen LogP contribution in [0.25, 0.3) is 11.1 Å². The van der Waals surface area contributed by atoms with E-state index in [0.717, 1.165) is 5.56 Å². The molecule has 0 aliphatic rings. The number of carbonyl (C=O) groups is 1. The zero-order chi connectivity index (χ0) is 20.7. The summed E-state index contributed by atoms with van der Waals surface area (Å²) in [6, 6.07) is 9.67. The van der Waals surface area contributed by atoms with Crippen molar-refractivity contribution in [1.29, 1.82) is 0 Å². The number of ether oxygens (including phenoxy) is 2. The third-order valence-corrected chi connectivity index (χ3v) is 5.13. The van der Waals surface area contributed by atoms with Gasteiger partial charge in [-0.05, 0) is 48.2 Å². The molecule has 8 heteroatoms. The second-order valence-electron chi connectivity index (χ2n) is 6.35. The number of esters is 1. The minimum Gasteiger partial charge on any atom is -0.507 e. The summed E-state index contributed by atoms with van der Waals surface area (Å²) in [7, 11) is -1.75. The molecule has 2 rings (SSSR count). The third kappa shape index (κ3) is 5.97. The van der Waals surface area contributed by atoms with Gasteiger partial charge >= 0.3 is 5.97 Å². The number of aromatic hydroxyl groups is 1. The monoisotopic (exact) mass is 408 g/mol. The molecule has 152 valence electrons. The maximum Gasteiger partial charge on any atom is 0.337 e. The summed E-state index contributed by atoms with van der Waals surface area (Å²) < 4.78 is 32.5. The van der Waals surface area contributed by atoms with E-state index in [1.807, 2.05) is 0 Å². The lowest BCUT2D eigenvalue weighted by Gasteiger charge is -2.14. The molecule has 2 N–H and O–H groups in total. The van der Waals surface area contributed by atoms with Crippen LogP contribution in [0.1, 0.15) is 22.3 Å². The highest BCUT2D eigenvalue weighted by atomic mass is 32.2. The van der Waals surface area contributed by atoms with Crippen molar-refractivity contribution in [3.8, 4) is 22.6 Å². The molecule has 2 aromatic carbocycles. The number of rotatable bonds is 9. The number of sulfone groups is 1. The van der Waals surface area contributed by atoms with Gasteiger partial charge in [0.1, 0.15) is 21.3 Å². The van der Waals surface area contributed by atoms with Crippen molar-refractivity contribution in [2.24, 2.45) is 0 Å². The van der Waals surface area contributed by atoms with Gasteiger partial charge in [0.2, 0.25) is 0 Å². The van der Waals surface area contributed by atoms with E-state index >= 15 is 0 Å². The lowest BCUT2D eigenvalue weighted by molar-refractivity contribution is 0.0600. The molecule has 0 spiro atoms. The van der Waals surface area contributed by atoms with E-state index in [0.29, 0.717) is 35.3 Å². The largest absolute Gasteiger partial charge is 0.507 e. The number of phenols is 1. The average molecular weight is 408 g/mol. The predicted octanol–water partition coefficient (Wildman–Crippen LogP) is 2.19. The molecule has 2 aromatic rings. The standard InChI is InChI=1S/C20H24O7S/c1-26-20(23)15-5-4-14(8-9-21)18(12-15)17-7-6-16(13-19(17)22)27-10-3-11-28(2,24)25/h4-7,12-13,21-22H,3,8-11H2,1-2H3. The van der Waals surface area contributed by atoms with Crippen molar-refractivity contribution in [3.63, 3.8) is 0 Å². The van der Waals surface area contributed by atoms with Crippen molar-refractivity contribution in [2.75, 3.05) is 32.3 Å². The van der Waals surface area contributed by atoms with Gasteiger partial charge in [-0.15, -0.1) is 0 Å². The predicted molar refractivity (Wildman–Crippen MR) is 105 cm³/mol. The number of aliphatic hydroxyl groups is 1. The molecule has 7 nitrogen and oxygen atoms in total. The molecule has 0 heterocycles. The minimum atomic E-state index is -3.04. The van der Waals surface area contributed by atoms with Crippen LogP contribution in [0.15, 0.2) is 36.4 Å². The first kappa shape index (κ1) is 21.7. The zero-order valence-electron chi connectivity index (χ0n) is 15.8. The highest BCUT2D eigenvalue weighted by Gasteiger charge is 2.15. The molecule has 0 aromatic heterocycles. The van der Waals surface area contributed by atoms with Crippen molar-refractivity contribution in [3.05, 3.63) is 47.5 Å². The topological polar surface area (TPSA) is 110 Å². The Morgan fingerprint density at radius 1 is 1.11 bits per heavy atom. The van der Waals surface area contributed by atoms with Gasteiger partial charge in [-0.2, -0.15) is 0 Å². The molecule has 0 atom stereocenters.